The van der Waals surface area contributed by atoms with Gasteiger partial charge in [-0.1, -0.05) is 6.92 Å². The summed E-state index contributed by atoms with van der Waals surface area (Å²) >= 11 is 1.37. The first-order valence-electron chi connectivity index (χ1n) is 9.05. The molecule has 1 amide bonds. The minimum atomic E-state index is 0.0151. The number of nitrogen functional groups attached to an aromatic ring is 1. The Hall–Kier alpha value is -2.54. The summed E-state index contributed by atoms with van der Waals surface area (Å²) in [5.74, 6) is 1.80. The largest absolute Gasteiger partial charge is 0.493 e. The Morgan fingerprint density at radius 1 is 1.26 bits per heavy atom. The van der Waals surface area contributed by atoms with Gasteiger partial charge in [0, 0.05) is 29.9 Å². The predicted molar refractivity (Wildman–Crippen MR) is 109 cm³/mol. The molecule has 0 saturated carbocycles. The molecular weight excluding hydrogens is 362 g/mol. The second-order valence-electron chi connectivity index (χ2n) is 7.08. The van der Waals surface area contributed by atoms with Crippen LogP contribution in [0, 0.1) is 5.92 Å². The second-order valence-corrected chi connectivity index (χ2v) is 8.08. The van der Waals surface area contributed by atoms with Crippen molar-refractivity contribution in [3.63, 3.8) is 0 Å². The highest BCUT2D eigenvalue weighted by atomic mass is 32.1. The topological polar surface area (TPSA) is 77.7 Å². The number of fused-ring (bicyclic) bond motifs is 2. The monoisotopic (exact) mass is 385 g/mol. The third-order valence-corrected chi connectivity index (χ3v) is 6.26. The molecule has 1 fully saturated rings. The molecule has 1 atom stereocenters. The van der Waals surface area contributed by atoms with Crippen LogP contribution in [-0.2, 0) is 0 Å². The number of aromatic nitrogens is 1. The van der Waals surface area contributed by atoms with Crippen molar-refractivity contribution in [2.24, 2.45) is 5.92 Å². The summed E-state index contributed by atoms with van der Waals surface area (Å²) in [4.78, 5) is 21.0. The molecule has 1 aromatic carbocycles. The molecule has 7 heteroatoms. The predicted octanol–water partition coefficient (Wildman–Crippen LogP) is 3.92. The highest BCUT2D eigenvalue weighted by Crippen LogP contribution is 2.38. The van der Waals surface area contributed by atoms with Crippen molar-refractivity contribution in [2.75, 3.05) is 33.0 Å². The zero-order valence-electron chi connectivity index (χ0n) is 15.7. The number of benzene rings is 1. The fraction of sp³-hybridized carbons (Fsp3) is 0.400. The maximum absolute atomic E-state index is 13.0. The fourth-order valence-corrected chi connectivity index (χ4v) is 4.76. The highest BCUT2D eigenvalue weighted by Gasteiger charge is 2.26. The minimum Gasteiger partial charge on any atom is -0.493 e. The maximum Gasteiger partial charge on any atom is 0.266 e. The molecule has 2 N–H and O–H groups in total. The Bertz CT molecular complexity index is 1030. The SMILES string of the molecule is COc1cc2cc3c(N)c(C(=O)N4CCCC(C)C4)sc3nc2cc1OC. The average molecular weight is 385 g/mol. The molecule has 0 bridgehead atoms. The molecule has 1 aliphatic heterocycles. The number of rotatable bonds is 3. The molecule has 27 heavy (non-hydrogen) atoms. The van der Waals surface area contributed by atoms with Crippen molar-refractivity contribution >= 4 is 44.1 Å². The molecule has 2 aromatic heterocycles. The third kappa shape index (κ3) is 3.06. The van der Waals surface area contributed by atoms with Crippen LogP contribution in [0.4, 0.5) is 5.69 Å². The van der Waals surface area contributed by atoms with Crippen LogP contribution < -0.4 is 15.2 Å². The lowest BCUT2D eigenvalue weighted by molar-refractivity contribution is 0.0689. The van der Waals surface area contributed by atoms with Gasteiger partial charge in [0.15, 0.2) is 11.5 Å². The van der Waals surface area contributed by atoms with Crippen molar-refractivity contribution < 1.29 is 14.3 Å². The molecule has 1 saturated heterocycles. The zero-order valence-corrected chi connectivity index (χ0v) is 16.6. The number of pyridine rings is 1. The second kappa shape index (κ2) is 6.88. The third-order valence-electron chi connectivity index (χ3n) is 5.16. The molecule has 4 rings (SSSR count). The van der Waals surface area contributed by atoms with E-state index in [2.05, 4.69) is 6.92 Å². The van der Waals surface area contributed by atoms with Gasteiger partial charge in [0.05, 0.1) is 25.4 Å². The van der Waals surface area contributed by atoms with Crippen LogP contribution in [0.25, 0.3) is 21.1 Å². The number of piperidine rings is 1. The van der Waals surface area contributed by atoms with Crippen LogP contribution in [0.3, 0.4) is 0 Å². The Balaban J connectivity index is 1.80. The van der Waals surface area contributed by atoms with Gasteiger partial charge in [0.1, 0.15) is 9.71 Å². The zero-order chi connectivity index (χ0) is 19.1. The van der Waals surface area contributed by atoms with E-state index in [0.29, 0.717) is 28.0 Å². The van der Waals surface area contributed by atoms with Gasteiger partial charge in [0.2, 0.25) is 0 Å². The Morgan fingerprint density at radius 3 is 2.70 bits per heavy atom. The first-order valence-corrected chi connectivity index (χ1v) is 9.87. The molecule has 3 heterocycles. The average Bonchev–Trinajstić information content (AvgIpc) is 3.00. The van der Waals surface area contributed by atoms with Crippen molar-refractivity contribution in [1.82, 2.24) is 9.88 Å². The summed E-state index contributed by atoms with van der Waals surface area (Å²) in [6.07, 6.45) is 2.21. The van der Waals surface area contributed by atoms with Gasteiger partial charge in [-0.05, 0) is 30.9 Å². The number of carbonyl (C=O) groups excluding carboxylic acids is 1. The first-order chi connectivity index (χ1) is 13.0. The van der Waals surface area contributed by atoms with E-state index < -0.39 is 0 Å². The number of ether oxygens (including phenoxy) is 2. The molecule has 6 nitrogen and oxygen atoms in total. The number of carbonyl (C=O) groups is 1. The summed E-state index contributed by atoms with van der Waals surface area (Å²) < 4.78 is 10.7. The number of hydrogen-bond acceptors (Lipinski definition) is 6. The number of hydrogen-bond donors (Lipinski definition) is 1. The quantitative estimate of drug-likeness (QED) is 0.739. The van der Waals surface area contributed by atoms with Crippen LogP contribution in [0.1, 0.15) is 29.4 Å². The first kappa shape index (κ1) is 17.9. The molecule has 1 aliphatic rings. The van der Waals surface area contributed by atoms with Crippen molar-refractivity contribution in [2.45, 2.75) is 19.8 Å². The molecule has 0 spiro atoms. The fourth-order valence-electron chi connectivity index (χ4n) is 3.70. The smallest absolute Gasteiger partial charge is 0.266 e. The summed E-state index contributed by atoms with van der Waals surface area (Å²) in [5.41, 5.74) is 7.67. The number of thiophene rings is 1. The Kier molecular flexibility index (Phi) is 4.55. The Morgan fingerprint density at radius 2 is 2.00 bits per heavy atom. The van der Waals surface area contributed by atoms with Crippen LogP contribution >= 0.6 is 11.3 Å². The van der Waals surface area contributed by atoms with Gasteiger partial charge >= 0.3 is 0 Å². The maximum atomic E-state index is 13.0. The van der Waals surface area contributed by atoms with E-state index in [-0.39, 0.29) is 5.91 Å². The van der Waals surface area contributed by atoms with Gasteiger partial charge in [-0.15, -0.1) is 11.3 Å². The number of anilines is 1. The standard InChI is InChI=1S/C20H23N3O3S/c1-11-5-4-6-23(10-11)20(24)18-17(21)13-7-12-8-15(25-2)16(26-3)9-14(12)22-19(13)27-18/h7-9,11H,4-6,10,21H2,1-3H3. The van der Waals surface area contributed by atoms with Crippen LogP contribution in [0.5, 0.6) is 11.5 Å². The lowest BCUT2D eigenvalue weighted by atomic mass is 10.00. The molecule has 1 unspecified atom stereocenters. The minimum absolute atomic E-state index is 0.0151. The van der Waals surface area contributed by atoms with E-state index in [1.807, 2.05) is 23.1 Å². The van der Waals surface area contributed by atoms with E-state index in [1.54, 1.807) is 14.2 Å². The van der Waals surface area contributed by atoms with Crippen LogP contribution in [0.15, 0.2) is 18.2 Å². The van der Waals surface area contributed by atoms with Gasteiger partial charge < -0.3 is 20.1 Å². The number of nitrogens with two attached hydrogens (primary N) is 1. The van der Waals surface area contributed by atoms with Crippen molar-refractivity contribution in [3.8, 4) is 11.5 Å². The molecule has 0 radical (unpaired) electrons. The molecule has 3 aromatic rings. The van der Waals surface area contributed by atoms with Gasteiger partial charge in [-0.2, -0.15) is 0 Å². The lowest BCUT2D eigenvalue weighted by Crippen LogP contribution is -2.38. The normalized spacial score (nSPS) is 17.4. The van der Waals surface area contributed by atoms with Crippen molar-refractivity contribution in [1.29, 1.82) is 0 Å². The molecule has 0 aliphatic carbocycles. The molecule has 142 valence electrons. The number of likely N-dealkylation sites (tertiary alicyclic amines) is 1. The van der Waals surface area contributed by atoms with Crippen molar-refractivity contribution in [3.05, 3.63) is 23.1 Å². The Labute approximate surface area is 161 Å². The van der Waals surface area contributed by atoms with E-state index in [0.717, 1.165) is 40.6 Å². The van der Waals surface area contributed by atoms with Crippen LogP contribution in [-0.4, -0.2) is 43.1 Å². The number of nitrogens with zero attached hydrogens (tertiary/aromatic N) is 2. The number of methoxy groups -OCH3 is 2. The summed E-state index contributed by atoms with van der Waals surface area (Å²) in [7, 11) is 3.20. The van der Waals surface area contributed by atoms with E-state index in [9.17, 15) is 4.79 Å². The summed E-state index contributed by atoms with van der Waals surface area (Å²) in [5, 5.41) is 1.71. The highest BCUT2D eigenvalue weighted by molar-refractivity contribution is 7.21. The summed E-state index contributed by atoms with van der Waals surface area (Å²) in [6, 6.07) is 5.70. The van der Waals surface area contributed by atoms with E-state index in [1.165, 1.54) is 17.8 Å². The van der Waals surface area contributed by atoms with E-state index >= 15 is 0 Å². The van der Waals surface area contributed by atoms with Gasteiger partial charge in [-0.3, -0.25) is 4.79 Å². The number of amides is 1. The van der Waals surface area contributed by atoms with E-state index in [4.69, 9.17) is 20.2 Å². The summed E-state index contributed by atoms with van der Waals surface area (Å²) in [6.45, 7) is 3.76. The molecular formula is C20H23N3O3S. The lowest BCUT2D eigenvalue weighted by Gasteiger charge is -2.30. The van der Waals surface area contributed by atoms with Gasteiger partial charge in [0.25, 0.3) is 5.91 Å². The van der Waals surface area contributed by atoms with Gasteiger partial charge in [-0.25, -0.2) is 4.98 Å². The van der Waals surface area contributed by atoms with Crippen LogP contribution in [0.2, 0.25) is 0 Å².